The summed E-state index contributed by atoms with van der Waals surface area (Å²) >= 11 is 0. The van der Waals surface area contributed by atoms with Crippen LogP contribution in [0.4, 0.5) is 0 Å². The highest BCUT2D eigenvalue weighted by molar-refractivity contribution is 6.96. The van der Waals surface area contributed by atoms with E-state index in [4.69, 9.17) is 4.74 Å². The van der Waals surface area contributed by atoms with Gasteiger partial charge in [-0.3, -0.25) is 4.79 Å². The lowest BCUT2D eigenvalue weighted by molar-refractivity contribution is -0.151. The molecule has 1 aliphatic carbocycles. The standard InChI is InChI=1S/C18H26O2Si/c1-15(21(3,4)16-11-7-5-8-12-16)18(17(19)20-2)13-9-6-10-14-18/h5,7-8,11-12H,1,6,9-10,13-14H2,2-4H3. The van der Waals surface area contributed by atoms with Gasteiger partial charge in [0.2, 0.25) is 0 Å². The molecule has 2 rings (SSSR count). The molecule has 1 saturated carbocycles. The zero-order valence-corrected chi connectivity index (χ0v) is 14.4. The maximum Gasteiger partial charge on any atom is 0.315 e. The Morgan fingerprint density at radius 1 is 1.14 bits per heavy atom. The molecule has 0 heterocycles. The molecule has 1 aromatic rings. The number of rotatable bonds is 4. The average molecular weight is 302 g/mol. The van der Waals surface area contributed by atoms with Crippen molar-refractivity contribution in [2.75, 3.05) is 7.11 Å². The average Bonchev–Trinajstić information content (AvgIpc) is 2.54. The molecule has 0 aliphatic heterocycles. The van der Waals surface area contributed by atoms with Gasteiger partial charge in [0.15, 0.2) is 0 Å². The van der Waals surface area contributed by atoms with Crippen molar-refractivity contribution in [2.45, 2.75) is 45.2 Å². The quantitative estimate of drug-likeness (QED) is 0.624. The van der Waals surface area contributed by atoms with Crippen molar-refractivity contribution in [3.8, 4) is 0 Å². The first-order valence-corrected chi connectivity index (χ1v) is 10.8. The van der Waals surface area contributed by atoms with Crippen LogP contribution in [0.3, 0.4) is 0 Å². The van der Waals surface area contributed by atoms with Crippen molar-refractivity contribution >= 4 is 19.2 Å². The summed E-state index contributed by atoms with van der Waals surface area (Å²) < 4.78 is 5.17. The van der Waals surface area contributed by atoms with Crippen LogP contribution in [0.15, 0.2) is 42.1 Å². The summed E-state index contributed by atoms with van der Waals surface area (Å²) in [6, 6.07) is 10.5. The molecule has 0 unspecified atom stereocenters. The molecule has 0 atom stereocenters. The highest BCUT2D eigenvalue weighted by Crippen LogP contribution is 2.46. The highest BCUT2D eigenvalue weighted by Gasteiger charge is 2.48. The van der Waals surface area contributed by atoms with E-state index < -0.39 is 13.5 Å². The molecule has 0 spiro atoms. The van der Waals surface area contributed by atoms with Crippen molar-refractivity contribution in [3.63, 3.8) is 0 Å². The Labute approximate surface area is 129 Å². The molecule has 0 N–H and O–H groups in total. The SMILES string of the molecule is C=C(C1(C(=O)OC)CCCCC1)[Si](C)(C)c1ccccc1. The predicted molar refractivity (Wildman–Crippen MR) is 90.2 cm³/mol. The molecule has 3 heteroatoms. The van der Waals surface area contributed by atoms with E-state index in [-0.39, 0.29) is 5.97 Å². The first-order valence-electron chi connectivity index (χ1n) is 7.79. The van der Waals surface area contributed by atoms with Gasteiger partial charge in [-0.1, -0.05) is 73.1 Å². The van der Waals surface area contributed by atoms with Gasteiger partial charge in [-0.15, -0.1) is 6.58 Å². The Bertz CT molecular complexity index is 513. The normalized spacial score (nSPS) is 18.0. The Morgan fingerprint density at radius 2 is 1.71 bits per heavy atom. The molecule has 0 bridgehead atoms. The van der Waals surface area contributed by atoms with Crippen LogP contribution in [0.1, 0.15) is 32.1 Å². The van der Waals surface area contributed by atoms with E-state index in [1.807, 2.05) is 6.07 Å². The van der Waals surface area contributed by atoms with Crippen LogP contribution in [0.5, 0.6) is 0 Å². The summed E-state index contributed by atoms with van der Waals surface area (Å²) in [5, 5.41) is 2.47. The predicted octanol–water partition coefficient (Wildman–Crippen LogP) is 3.82. The van der Waals surface area contributed by atoms with Gasteiger partial charge in [-0.25, -0.2) is 0 Å². The topological polar surface area (TPSA) is 26.3 Å². The number of carbonyl (C=O) groups is 1. The second kappa shape index (κ2) is 6.18. The van der Waals surface area contributed by atoms with Crippen molar-refractivity contribution < 1.29 is 9.53 Å². The minimum absolute atomic E-state index is 0.0799. The lowest BCUT2D eigenvalue weighted by atomic mass is 9.74. The fraction of sp³-hybridized carbons (Fsp3) is 0.500. The molecule has 21 heavy (non-hydrogen) atoms. The van der Waals surface area contributed by atoms with Crippen molar-refractivity contribution in [1.82, 2.24) is 0 Å². The molecule has 0 radical (unpaired) electrons. The van der Waals surface area contributed by atoms with Crippen LogP contribution < -0.4 is 5.19 Å². The Kier molecular flexibility index (Phi) is 4.72. The van der Waals surface area contributed by atoms with Gasteiger partial charge in [-0.05, 0) is 12.8 Å². The molecular formula is C18H26O2Si. The van der Waals surface area contributed by atoms with E-state index in [9.17, 15) is 4.79 Å². The van der Waals surface area contributed by atoms with E-state index in [2.05, 4.69) is 43.9 Å². The second-order valence-electron chi connectivity index (χ2n) is 6.60. The third-order valence-electron chi connectivity index (χ3n) is 5.11. The van der Waals surface area contributed by atoms with E-state index in [0.717, 1.165) is 30.9 Å². The van der Waals surface area contributed by atoms with E-state index in [1.54, 1.807) is 0 Å². The van der Waals surface area contributed by atoms with Gasteiger partial charge >= 0.3 is 5.97 Å². The summed E-state index contributed by atoms with van der Waals surface area (Å²) in [6.45, 7) is 9.02. The summed E-state index contributed by atoms with van der Waals surface area (Å²) in [4.78, 5) is 12.5. The smallest absolute Gasteiger partial charge is 0.315 e. The molecule has 2 nitrogen and oxygen atoms in total. The number of esters is 1. The third kappa shape index (κ3) is 2.84. The lowest BCUT2D eigenvalue weighted by Crippen LogP contribution is -2.52. The third-order valence-corrected chi connectivity index (χ3v) is 8.87. The maximum atomic E-state index is 12.5. The van der Waals surface area contributed by atoms with Gasteiger partial charge in [0.05, 0.1) is 12.5 Å². The molecular weight excluding hydrogens is 276 g/mol. The van der Waals surface area contributed by atoms with E-state index >= 15 is 0 Å². The number of benzene rings is 1. The number of hydrogen-bond acceptors (Lipinski definition) is 2. The monoisotopic (exact) mass is 302 g/mol. The Morgan fingerprint density at radius 3 is 2.24 bits per heavy atom. The van der Waals surface area contributed by atoms with Crippen LogP contribution in [-0.4, -0.2) is 21.2 Å². The van der Waals surface area contributed by atoms with Gasteiger partial charge in [0.1, 0.15) is 8.07 Å². The fourth-order valence-corrected chi connectivity index (χ4v) is 6.53. The van der Waals surface area contributed by atoms with Gasteiger partial charge in [0, 0.05) is 0 Å². The Hall–Kier alpha value is -1.35. The van der Waals surface area contributed by atoms with Crippen LogP contribution in [0.25, 0.3) is 0 Å². The van der Waals surface area contributed by atoms with Crippen LogP contribution in [0.2, 0.25) is 13.1 Å². The van der Waals surface area contributed by atoms with Gasteiger partial charge < -0.3 is 4.74 Å². The summed E-state index contributed by atoms with van der Waals surface area (Å²) in [5.41, 5.74) is -0.460. The van der Waals surface area contributed by atoms with E-state index in [0.29, 0.717) is 0 Å². The second-order valence-corrected chi connectivity index (χ2v) is 11.0. The van der Waals surface area contributed by atoms with Crippen molar-refractivity contribution in [1.29, 1.82) is 0 Å². The molecule has 114 valence electrons. The van der Waals surface area contributed by atoms with Crippen LogP contribution in [-0.2, 0) is 9.53 Å². The molecule has 0 saturated heterocycles. The van der Waals surface area contributed by atoms with Gasteiger partial charge in [0.25, 0.3) is 0 Å². The summed E-state index contributed by atoms with van der Waals surface area (Å²) in [6.07, 6.45) is 5.17. The largest absolute Gasteiger partial charge is 0.468 e. The molecule has 0 amide bonds. The molecule has 1 fully saturated rings. The minimum Gasteiger partial charge on any atom is -0.468 e. The zero-order chi connectivity index (χ0) is 15.5. The highest BCUT2D eigenvalue weighted by atomic mass is 28.3. The molecule has 0 aromatic heterocycles. The fourth-order valence-electron chi connectivity index (χ4n) is 3.61. The van der Waals surface area contributed by atoms with Gasteiger partial charge in [-0.2, -0.15) is 0 Å². The number of carbonyl (C=O) groups excluding carboxylic acids is 1. The number of ether oxygens (including phenoxy) is 1. The summed E-state index contributed by atoms with van der Waals surface area (Å²) in [5.74, 6) is -0.0799. The van der Waals surface area contributed by atoms with Crippen molar-refractivity contribution in [3.05, 3.63) is 42.1 Å². The number of hydrogen-bond donors (Lipinski definition) is 0. The first-order chi connectivity index (χ1) is 9.95. The van der Waals surface area contributed by atoms with Crippen LogP contribution in [0, 0.1) is 5.41 Å². The molecule has 1 aliphatic rings. The minimum atomic E-state index is -1.92. The zero-order valence-electron chi connectivity index (χ0n) is 13.4. The summed E-state index contributed by atoms with van der Waals surface area (Å²) in [7, 11) is -0.414. The Balaban J connectivity index is 2.41. The first kappa shape index (κ1) is 16.0. The van der Waals surface area contributed by atoms with Crippen molar-refractivity contribution in [2.24, 2.45) is 5.41 Å². The van der Waals surface area contributed by atoms with E-state index in [1.165, 1.54) is 18.7 Å². The number of methoxy groups -OCH3 is 1. The maximum absolute atomic E-state index is 12.5. The lowest BCUT2D eigenvalue weighted by Gasteiger charge is -2.42. The molecule has 1 aromatic carbocycles. The van der Waals surface area contributed by atoms with Crippen LogP contribution >= 0.6 is 0 Å².